The molecule has 0 bridgehead atoms. The normalized spacial score (nSPS) is 15.9. The molecular formula is C15H21ClN2O2. The summed E-state index contributed by atoms with van der Waals surface area (Å²) in [7, 11) is 1.84. The minimum absolute atomic E-state index is 0.0125. The molecule has 0 radical (unpaired) electrons. The number of amides is 1. The van der Waals surface area contributed by atoms with E-state index in [4.69, 9.17) is 16.3 Å². The second kappa shape index (κ2) is 7.50. The Kier molecular flexibility index (Phi) is 5.68. The highest BCUT2D eigenvalue weighted by Gasteiger charge is 2.18. The van der Waals surface area contributed by atoms with Gasteiger partial charge in [-0.05, 0) is 56.1 Å². The first-order valence-electron chi connectivity index (χ1n) is 6.98. The van der Waals surface area contributed by atoms with Crippen molar-refractivity contribution in [2.75, 3.05) is 33.3 Å². The molecule has 0 aromatic heterocycles. The molecule has 0 spiro atoms. The average molecular weight is 297 g/mol. The standard InChI is InChI=1S/C15H21ClN2O2/c1-18(10-12-6-8-17-9-7-12)15(19)11-20-14-4-2-13(16)3-5-14/h2-5,12,17H,6-11H2,1H3. The minimum Gasteiger partial charge on any atom is -0.484 e. The van der Waals surface area contributed by atoms with E-state index < -0.39 is 0 Å². The van der Waals surface area contributed by atoms with Crippen molar-refractivity contribution in [3.8, 4) is 5.75 Å². The molecular weight excluding hydrogens is 276 g/mol. The maximum absolute atomic E-state index is 12.0. The first kappa shape index (κ1) is 15.1. The number of halogens is 1. The van der Waals surface area contributed by atoms with Crippen LogP contribution in [0.3, 0.4) is 0 Å². The molecule has 1 heterocycles. The zero-order valence-electron chi connectivity index (χ0n) is 11.8. The Labute approximate surface area is 125 Å². The highest BCUT2D eigenvalue weighted by molar-refractivity contribution is 6.30. The van der Waals surface area contributed by atoms with Crippen molar-refractivity contribution < 1.29 is 9.53 Å². The molecule has 1 aromatic rings. The van der Waals surface area contributed by atoms with Crippen molar-refractivity contribution in [2.24, 2.45) is 5.92 Å². The van der Waals surface area contributed by atoms with Gasteiger partial charge in [0.2, 0.25) is 0 Å². The summed E-state index contributed by atoms with van der Waals surface area (Å²) in [4.78, 5) is 13.8. The summed E-state index contributed by atoms with van der Waals surface area (Å²) >= 11 is 5.80. The Morgan fingerprint density at radius 2 is 2.00 bits per heavy atom. The van der Waals surface area contributed by atoms with Gasteiger partial charge in [-0.15, -0.1) is 0 Å². The zero-order chi connectivity index (χ0) is 14.4. The molecule has 1 aromatic carbocycles. The molecule has 1 N–H and O–H groups in total. The van der Waals surface area contributed by atoms with Crippen LogP contribution in [0.2, 0.25) is 5.02 Å². The van der Waals surface area contributed by atoms with Crippen LogP contribution >= 0.6 is 11.6 Å². The van der Waals surface area contributed by atoms with Gasteiger partial charge in [0.1, 0.15) is 5.75 Å². The Bertz CT molecular complexity index is 430. The van der Waals surface area contributed by atoms with Gasteiger partial charge in [-0.25, -0.2) is 0 Å². The van der Waals surface area contributed by atoms with Crippen LogP contribution in [0.25, 0.3) is 0 Å². The summed E-state index contributed by atoms with van der Waals surface area (Å²) in [5.41, 5.74) is 0. The number of rotatable bonds is 5. The number of hydrogen-bond donors (Lipinski definition) is 1. The van der Waals surface area contributed by atoms with Crippen LogP contribution in [0.1, 0.15) is 12.8 Å². The molecule has 1 amide bonds. The molecule has 1 aliphatic heterocycles. The highest BCUT2D eigenvalue weighted by atomic mass is 35.5. The number of piperidine rings is 1. The van der Waals surface area contributed by atoms with Crippen molar-refractivity contribution in [3.05, 3.63) is 29.3 Å². The molecule has 1 fully saturated rings. The van der Waals surface area contributed by atoms with E-state index in [1.807, 2.05) is 7.05 Å². The van der Waals surface area contributed by atoms with Gasteiger partial charge in [-0.3, -0.25) is 4.79 Å². The molecule has 0 atom stereocenters. The smallest absolute Gasteiger partial charge is 0.260 e. The third-order valence-electron chi connectivity index (χ3n) is 3.59. The summed E-state index contributed by atoms with van der Waals surface area (Å²) in [6, 6.07) is 7.03. The fourth-order valence-electron chi connectivity index (χ4n) is 2.34. The second-order valence-corrected chi connectivity index (χ2v) is 5.65. The lowest BCUT2D eigenvalue weighted by atomic mass is 9.98. The maximum atomic E-state index is 12.0. The van der Waals surface area contributed by atoms with Gasteiger partial charge in [0.25, 0.3) is 5.91 Å². The maximum Gasteiger partial charge on any atom is 0.260 e. The van der Waals surface area contributed by atoms with Crippen LogP contribution in [0, 0.1) is 5.92 Å². The van der Waals surface area contributed by atoms with Gasteiger partial charge in [0, 0.05) is 18.6 Å². The number of benzene rings is 1. The Morgan fingerprint density at radius 1 is 1.35 bits per heavy atom. The number of nitrogens with zero attached hydrogens (tertiary/aromatic N) is 1. The number of hydrogen-bond acceptors (Lipinski definition) is 3. The molecule has 4 nitrogen and oxygen atoms in total. The lowest BCUT2D eigenvalue weighted by Gasteiger charge is -2.27. The van der Waals surface area contributed by atoms with E-state index in [-0.39, 0.29) is 12.5 Å². The molecule has 0 aliphatic carbocycles. The molecule has 5 heteroatoms. The highest BCUT2D eigenvalue weighted by Crippen LogP contribution is 2.16. The Morgan fingerprint density at radius 3 is 2.65 bits per heavy atom. The van der Waals surface area contributed by atoms with Crippen LogP contribution in [0.4, 0.5) is 0 Å². The molecule has 0 saturated carbocycles. The van der Waals surface area contributed by atoms with Gasteiger partial charge in [0.05, 0.1) is 0 Å². The molecule has 20 heavy (non-hydrogen) atoms. The van der Waals surface area contributed by atoms with Crippen molar-refractivity contribution in [2.45, 2.75) is 12.8 Å². The summed E-state index contributed by atoms with van der Waals surface area (Å²) in [5.74, 6) is 1.28. The molecule has 1 aliphatic rings. The van der Waals surface area contributed by atoms with Crippen molar-refractivity contribution >= 4 is 17.5 Å². The average Bonchev–Trinajstić information content (AvgIpc) is 2.47. The lowest BCUT2D eigenvalue weighted by molar-refractivity contribution is -0.132. The monoisotopic (exact) mass is 296 g/mol. The fourth-order valence-corrected chi connectivity index (χ4v) is 2.47. The number of ether oxygens (including phenoxy) is 1. The van der Waals surface area contributed by atoms with E-state index >= 15 is 0 Å². The molecule has 0 unspecified atom stereocenters. The molecule has 1 saturated heterocycles. The van der Waals surface area contributed by atoms with E-state index in [2.05, 4.69) is 5.32 Å². The number of nitrogens with one attached hydrogen (secondary N) is 1. The van der Waals surface area contributed by atoms with Crippen molar-refractivity contribution in [1.29, 1.82) is 0 Å². The third kappa shape index (κ3) is 4.69. The first-order valence-corrected chi connectivity index (χ1v) is 7.36. The van der Waals surface area contributed by atoms with E-state index in [0.29, 0.717) is 16.7 Å². The Hall–Kier alpha value is -1.26. The van der Waals surface area contributed by atoms with Gasteiger partial charge >= 0.3 is 0 Å². The quantitative estimate of drug-likeness (QED) is 0.905. The number of likely N-dealkylation sites (N-methyl/N-ethyl adjacent to an activating group) is 1. The van der Waals surface area contributed by atoms with Crippen LogP contribution in [-0.4, -0.2) is 44.1 Å². The van der Waals surface area contributed by atoms with E-state index in [1.54, 1.807) is 29.2 Å². The first-order chi connectivity index (χ1) is 9.65. The predicted molar refractivity (Wildman–Crippen MR) is 80.2 cm³/mol. The topological polar surface area (TPSA) is 41.6 Å². The summed E-state index contributed by atoms with van der Waals surface area (Å²) in [5, 5.41) is 3.99. The van der Waals surface area contributed by atoms with Crippen molar-refractivity contribution in [1.82, 2.24) is 10.2 Å². The van der Waals surface area contributed by atoms with Crippen LogP contribution in [0.15, 0.2) is 24.3 Å². The van der Waals surface area contributed by atoms with Gasteiger partial charge < -0.3 is 15.0 Å². The third-order valence-corrected chi connectivity index (χ3v) is 3.84. The SMILES string of the molecule is CN(CC1CCNCC1)C(=O)COc1ccc(Cl)cc1. The number of carbonyl (C=O) groups is 1. The lowest BCUT2D eigenvalue weighted by Crippen LogP contribution is -2.39. The van der Waals surface area contributed by atoms with Crippen LogP contribution in [-0.2, 0) is 4.79 Å². The van der Waals surface area contributed by atoms with Gasteiger partial charge in [0.15, 0.2) is 6.61 Å². The van der Waals surface area contributed by atoms with Gasteiger partial charge in [-0.1, -0.05) is 11.6 Å². The van der Waals surface area contributed by atoms with Crippen molar-refractivity contribution in [3.63, 3.8) is 0 Å². The second-order valence-electron chi connectivity index (χ2n) is 5.21. The van der Waals surface area contributed by atoms with Crippen LogP contribution in [0.5, 0.6) is 5.75 Å². The zero-order valence-corrected chi connectivity index (χ0v) is 12.5. The summed E-state index contributed by atoms with van der Waals surface area (Å²) < 4.78 is 5.47. The minimum atomic E-state index is 0.0125. The largest absolute Gasteiger partial charge is 0.484 e. The van der Waals surface area contributed by atoms with E-state index in [1.165, 1.54) is 0 Å². The fraction of sp³-hybridized carbons (Fsp3) is 0.533. The Balaban J connectivity index is 1.74. The summed E-state index contributed by atoms with van der Waals surface area (Å²) in [6.07, 6.45) is 2.27. The summed E-state index contributed by atoms with van der Waals surface area (Å²) in [6.45, 7) is 2.98. The molecule has 2 rings (SSSR count). The van der Waals surface area contributed by atoms with E-state index in [9.17, 15) is 4.79 Å². The number of carbonyl (C=O) groups excluding carboxylic acids is 1. The predicted octanol–water partition coefficient (Wildman–Crippen LogP) is 2.18. The van der Waals surface area contributed by atoms with Crippen LogP contribution < -0.4 is 10.1 Å². The molecule has 110 valence electrons. The van der Waals surface area contributed by atoms with E-state index in [0.717, 1.165) is 32.5 Å². The van der Waals surface area contributed by atoms with Gasteiger partial charge in [-0.2, -0.15) is 0 Å².